The third kappa shape index (κ3) is 3.19. The van der Waals surface area contributed by atoms with E-state index >= 15 is 0 Å². The van der Waals surface area contributed by atoms with Crippen LogP contribution in [0.4, 0.5) is 0 Å². The smallest absolute Gasteiger partial charge is 0.363 e. The molecule has 4 rings (SSSR count). The van der Waals surface area contributed by atoms with Gasteiger partial charge in [0.2, 0.25) is 5.90 Å². The number of cyclic esters (lactones) is 1. The fourth-order valence-electron chi connectivity index (χ4n) is 2.71. The number of hydrogen-bond acceptors (Lipinski definition) is 3. The SMILES string of the molecule is O=C1OC(c2cc(I)ccc2Cl)=N/C1=C/c1cccc2ccccc12. The molecule has 0 saturated carbocycles. The van der Waals surface area contributed by atoms with Crippen molar-refractivity contribution < 1.29 is 9.53 Å². The number of esters is 1. The Kier molecular flexibility index (Phi) is 4.31. The van der Waals surface area contributed by atoms with Crippen molar-refractivity contribution in [2.75, 3.05) is 0 Å². The van der Waals surface area contributed by atoms with Gasteiger partial charge < -0.3 is 4.74 Å². The van der Waals surface area contributed by atoms with Crippen LogP contribution in [0.2, 0.25) is 5.02 Å². The normalized spacial score (nSPS) is 15.5. The molecule has 0 aliphatic carbocycles. The lowest BCUT2D eigenvalue weighted by atomic mass is 10.0. The summed E-state index contributed by atoms with van der Waals surface area (Å²) in [5, 5.41) is 2.66. The van der Waals surface area contributed by atoms with E-state index in [2.05, 4.69) is 27.6 Å². The first-order chi connectivity index (χ1) is 12.1. The molecule has 25 heavy (non-hydrogen) atoms. The Hall–Kier alpha value is -2.18. The van der Waals surface area contributed by atoms with Crippen LogP contribution in [-0.4, -0.2) is 11.9 Å². The predicted octanol–water partition coefficient (Wildman–Crippen LogP) is 5.44. The van der Waals surface area contributed by atoms with Gasteiger partial charge in [-0.25, -0.2) is 9.79 Å². The summed E-state index contributed by atoms with van der Waals surface area (Å²) in [7, 11) is 0. The van der Waals surface area contributed by atoms with Crippen molar-refractivity contribution in [3.63, 3.8) is 0 Å². The fraction of sp³-hybridized carbons (Fsp3) is 0. The second-order valence-electron chi connectivity index (χ2n) is 5.53. The van der Waals surface area contributed by atoms with E-state index in [1.807, 2.05) is 54.6 Å². The predicted molar refractivity (Wildman–Crippen MR) is 109 cm³/mol. The molecular weight excluding hydrogens is 449 g/mol. The van der Waals surface area contributed by atoms with Gasteiger partial charge in [-0.15, -0.1) is 0 Å². The molecule has 0 bridgehead atoms. The number of hydrogen-bond donors (Lipinski definition) is 0. The maximum atomic E-state index is 12.2. The highest BCUT2D eigenvalue weighted by molar-refractivity contribution is 14.1. The summed E-state index contributed by atoms with van der Waals surface area (Å²) < 4.78 is 6.32. The standard InChI is InChI=1S/C20H11ClINO2/c21-17-9-8-14(22)11-16(17)19-23-18(20(24)25-19)10-13-6-3-5-12-4-1-2-7-15(12)13/h1-11H/b18-10+. The van der Waals surface area contributed by atoms with Crippen molar-refractivity contribution in [2.45, 2.75) is 0 Å². The van der Waals surface area contributed by atoms with Crippen molar-refractivity contribution in [2.24, 2.45) is 4.99 Å². The second kappa shape index (κ2) is 6.61. The number of nitrogens with zero attached hydrogens (tertiary/aromatic N) is 1. The molecule has 0 N–H and O–H groups in total. The minimum absolute atomic E-state index is 0.236. The zero-order valence-electron chi connectivity index (χ0n) is 12.9. The molecule has 0 atom stereocenters. The van der Waals surface area contributed by atoms with Crippen LogP contribution in [0.3, 0.4) is 0 Å². The monoisotopic (exact) mass is 459 g/mol. The van der Waals surface area contributed by atoms with Crippen LogP contribution in [0.25, 0.3) is 16.8 Å². The molecule has 1 aliphatic heterocycles. The van der Waals surface area contributed by atoms with E-state index in [4.69, 9.17) is 16.3 Å². The summed E-state index contributed by atoms with van der Waals surface area (Å²) >= 11 is 8.39. The van der Waals surface area contributed by atoms with Crippen LogP contribution in [-0.2, 0) is 9.53 Å². The van der Waals surface area contributed by atoms with Crippen LogP contribution < -0.4 is 0 Å². The number of ether oxygens (including phenoxy) is 1. The number of carbonyl (C=O) groups excluding carboxylic acids is 1. The number of halogens is 2. The number of carbonyl (C=O) groups is 1. The summed E-state index contributed by atoms with van der Waals surface area (Å²) in [6.07, 6.45) is 1.75. The van der Waals surface area contributed by atoms with E-state index in [-0.39, 0.29) is 11.6 Å². The van der Waals surface area contributed by atoms with Crippen molar-refractivity contribution in [3.05, 3.63) is 86.1 Å². The topological polar surface area (TPSA) is 38.7 Å². The molecule has 5 heteroatoms. The summed E-state index contributed by atoms with van der Waals surface area (Å²) in [4.78, 5) is 16.6. The lowest BCUT2D eigenvalue weighted by Crippen LogP contribution is -2.06. The molecule has 1 heterocycles. The summed E-state index contributed by atoms with van der Waals surface area (Å²) in [5.74, 6) is -0.238. The maximum absolute atomic E-state index is 12.2. The van der Waals surface area contributed by atoms with Crippen LogP contribution in [0.5, 0.6) is 0 Å². The minimum Gasteiger partial charge on any atom is -0.402 e. The van der Waals surface area contributed by atoms with E-state index in [1.54, 1.807) is 12.1 Å². The molecule has 0 radical (unpaired) electrons. The third-order valence-electron chi connectivity index (χ3n) is 3.89. The van der Waals surface area contributed by atoms with Crippen LogP contribution in [0.15, 0.2) is 71.4 Å². The van der Waals surface area contributed by atoms with Crippen molar-refractivity contribution >= 4 is 62.9 Å². The molecule has 3 nitrogen and oxygen atoms in total. The molecule has 0 spiro atoms. The average Bonchev–Trinajstić information content (AvgIpc) is 2.98. The Morgan fingerprint density at radius 1 is 1.04 bits per heavy atom. The fourth-order valence-corrected chi connectivity index (χ4v) is 3.40. The molecule has 0 aromatic heterocycles. The van der Waals surface area contributed by atoms with Gasteiger partial charge in [0.25, 0.3) is 0 Å². The van der Waals surface area contributed by atoms with Crippen molar-refractivity contribution in [1.29, 1.82) is 0 Å². The highest BCUT2D eigenvalue weighted by Crippen LogP contribution is 2.27. The van der Waals surface area contributed by atoms with Gasteiger partial charge in [0.1, 0.15) is 0 Å². The third-order valence-corrected chi connectivity index (χ3v) is 4.90. The number of benzene rings is 3. The summed E-state index contributed by atoms with van der Waals surface area (Å²) in [6, 6.07) is 19.4. The minimum atomic E-state index is -0.474. The largest absolute Gasteiger partial charge is 0.402 e. The van der Waals surface area contributed by atoms with E-state index < -0.39 is 5.97 Å². The van der Waals surface area contributed by atoms with Gasteiger partial charge in [0.05, 0.1) is 10.6 Å². The van der Waals surface area contributed by atoms with Gasteiger partial charge >= 0.3 is 5.97 Å². The first-order valence-electron chi connectivity index (χ1n) is 7.57. The summed E-state index contributed by atoms with van der Waals surface area (Å²) in [5.41, 5.74) is 1.80. The van der Waals surface area contributed by atoms with Gasteiger partial charge in [-0.1, -0.05) is 54.1 Å². The maximum Gasteiger partial charge on any atom is 0.363 e. The Labute approximate surface area is 163 Å². The quantitative estimate of drug-likeness (QED) is 0.291. The number of rotatable bonds is 2. The molecule has 0 saturated heterocycles. The molecule has 3 aromatic rings. The highest BCUT2D eigenvalue weighted by atomic mass is 127. The Balaban J connectivity index is 1.80. The first kappa shape index (κ1) is 16.3. The van der Waals surface area contributed by atoms with Gasteiger partial charge in [-0.05, 0) is 63.2 Å². The summed E-state index contributed by atoms with van der Waals surface area (Å²) in [6.45, 7) is 0. The highest BCUT2D eigenvalue weighted by Gasteiger charge is 2.26. The van der Waals surface area contributed by atoms with Crippen LogP contribution in [0.1, 0.15) is 11.1 Å². The Morgan fingerprint density at radius 3 is 2.72 bits per heavy atom. The van der Waals surface area contributed by atoms with E-state index in [0.717, 1.165) is 19.9 Å². The Morgan fingerprint density at radius 2 is 1.84 bits per heavy atom. The van der Waals surface area contributed by atoms with Crippen molar-refractivity contribution in [3.8, 4) is 0 Å². The lowest BCUT2D eigenvalue weighted by Gasteiger charge is -2.02. The van der Waals surface area contributed by atoms with Gasteiger partial charge in [-0.2, -0.15) is 0 Å². The van der Waals surface area contributed by atoms with E-state index in [9.17, 15) is 4.79 Å². The molecular formula is C20H11ClINO2. The molecule has 0 amide bonds. The van der Waals surface area contributed by atoms with Crippen LogP contribution in [0, 0.1) is 3.57 Å². The van der Waals surface area contributed by atoms with Crippen molar-refractivity contribution in [1.82, 2.24) is 0 Å². The molecule has 122 valence electrons. The first-order valence-corrected chi connectivity index (χ1v) is 9.03. The molecule has 0 unspecified atom stereocenters. The van der Waals surface area contributed by atoms with Crippen LogP contribution >= 0.6 is 34.2 Å². The van der Waals surface area contributed by atoms with E-state index in [0.29, 0.717) is 10.6 Å². The number of fused-ring (bicyclic) bond motifs is 1. The van der Waals surface area contributed by atoms with E-state index in [1.165, 1.54) is 0 Å². The molecule has 3 aromatic carbocycles. The molecule has 0 fully saturated rings. The number of aliphatic imine (C=N–C) groups is 1. The average molecular weight is 460 g/mol. The van der Waals surface area contributed by atoms with Gasteiger partial charge in [0.15, 0.2) is 5.70 Å². The Bertz CT molecular complexity index is 1070. The second-order valence-corrected chi connectivity index (χ2v) is 7.18. The lowest BCUT2D eigenvalue weighted by molar-refractivity contribution is -0.129. The molecule has 1 aliphatic rings. The van der Waals surface area contributed by atoms with Gasteiger partial charge in [-0.3, -0.25) is 0 Å². The zero-order chi connectivity index (χ0) is 17.4. The zero-order valence-corrected chi connectivity index (χ0v) is 15.8. The van der Waals surface area contributed by atoms with Gasteiger partial charge in [0, 0.05) is 3.57 Å².